The Morgan fingerprint density at radius 3 is 2.74 bits per heavy atom. The smallest absolute Gasteiger partial charge is 0.196 e. The van der Waals surface area contributed by atoms with Gasteiger partial charge in [0.1, 0.15) is 29.5 Å². The van der Waals surface area contributed by atoms with Crippen LogP contribution in [0.4, 0.5) is 14.6 Å². The molecule has 0 aliphatic carbocycles. The second kappa shape index (κ2) is 7.51. The van der Waals surface area contributed by atoms with Crippen molar-refractivity contribution < 1.29 is 15.0 Å². The number of carbonyl (C=O) groups is 1. The van der Waals surface area contributed by atoms with Crippen molar-refractivity contribution in [2.75, 3.05) is 18.8 Å². The molecule has 9 heteroatoms. The van der Waals surface area contributed by atoms with Crippen LogP contribution in [0.3, 0.4) is 0 Å². The van der Waals surface area contributed by atoms with E-state index in [0.717, 1.165) is 25.6 Å². The molecule has 1 atom stereocenters. The maximum Gasteiger partial charge on any atom is 0.196 e. The van der Waals surface area contributed by atoms with Gasteiger partial charge in [-0.15, -0.1) is 0 Å². The first-order valence-electron chi connectivity index (χ1n) is 9.83. The average Bonchev–Trinajstić information content (AvgIpc) is 3.42. The van der Waals surface area contributed by atoms with Gasteiger partial charge in [0.2, 0.25) is 0 Å². The molecule has 0 unspecified atom stereocenters. The SMILES string of the molecule is Nc1ncnc2c1c(-c1ccc(C(=O)c3ccccc3F)cc1F)nn2[C@@H]1CCNC1.[HH]. The minimum atomic E-state index is -0.665. The van der Waals surface area contributed by atoms with E-state index in [-0.39, 0.29) is 30.0 Å². The zero-order chi connectivity index (χ0) is 21.5. The maximum absolute atomic E-state index is 15.2. The van der Waals surface area contributed by atoms with Crippen LogP contribution in [0.25, 0.3) is 22.3 Å². The number of ketones is 1. The molecule has 2 aromatic carbocycles. The van der Waals surface area contributed by atoms with E-state index < -0.39 is 17.4 Å². The van der Waals surface area contributed by atoms with E-state index in [0.29, 0.717) is 16.7 Å². The molecule has 1 fully saturated rings. The highest BCUT2D eigenvalue weighted by Gasteiger charge is 2.26. The Balaban J connectivity index is 0.00000245. The Kier molecular flexibility index (Phi) is 4.67. The fourth-order valence-corrected chi connectivity index (χ4v) is 3.94. The van der Waals surface area contributed by atoms with Crippen molar-refractivity contribution in [3.63, 3.8) is 0 Å². The average molecular weight is 422 g/mol. The zero-order valence-corrected chi connectivity index (χ0v) is 16.3. The number of hydrogen-bond acceptors (Lipinski definition) is 6. The highest BCUT2D eigenvalue weighted by molar-refractivity contribution is 6.09. The number of nitrogens with two attached hydrogens (primary N) is 1. The summed E-state index contributed by atoms with van der Waals surface area (Å²) < 4.78 is 30.9. The molecular formula is C22H20F2N6O. The van der Waals surface area contributed by atoms with Crippen molar-refractivity contribution in [3.8, 4) is 11.3 Å². The molecule has 31 heavy (non-hydrogen) atoms. The molecule has 158 valence electrons. The lowest BCUT2D eigenvalue weighted by Gasteiger charge is -2.09. The van der Waals surface area contributed by atoms with Crippen molar-refractivity contribution in [3.05, 3.63) is 71.6 Å². The fraction of sp³-hybridized carbons (Fsp3) is 0.182. The van der Waals surface area contributed by atoms with Crippen LogP contribution in [0.2, 0.25) is 0 Å². The van der Waals surface area contributed by atoms with Crippen molar-refractivity contribution >= 4 is 22.6 Å². The van der Waals surface area contributed by atoms with Crippen molar-refractivity contribution in [1.29, 1.82) is 0 Å². The minimum Gasteiger partial charge on any atom is -0.383 e. The van der Waals surface area contributed by atoms with Gasteiger partial charge < -0.3 is 11.1 Å². The Hall–Kier alpha value is -3.72. The number of benzene rings is 2. The predicted octanol–water partition coefficient (Wildman–Crippen LogP) is 3.37. The lowest BCUT2D eigenvalue weighted by Crippen LogP contribution is -2.15. The molecule has 0 radical (unpaired) electrons. The Morgan fingerprint density at radius 1 is 1.16 bits per heavy atom. The van der Waals surface area contributed by atoms with Gasteiger partial charge in [0.05, 0.1) is 17.0 Å². The van der Waals surface area contributed by atoms with Crippen LogP contribution in [-0.4, -0.2) is 38.6 Å². The molecular weight excluding hydrogens is 402 g/mol. The maximum atomic E-state index is 15.2. The van der Waals surface area contributed by atoms with E-state index in [2.05, 4.69) is 20.4 Å². The van der Waals surface area contributed by atoms with Crippen LogP contribution in [-0.2, 0) is 0 Å². The normalized spacial score (nSPS) is 16.1. The van der Waals surface area contributed by atoms with Gasteiger partial charge in [-0.1, -0.05) is 18.2 Å². The third kappa shape index (κ3) is 3.23. The summed E-state index contributed by atoms with van der Waals surface area (Å²) in [5.41, 5.74) is 7.02. The van der Waals surface area contributed by atoms with E-state index in [4.69, 9.17) is 5.73 Å². The summed E-state index contributed by atoms with van der Waals surface area (Å²) in [4.78, 5) is 21.0. The molecule has 1 saturated heterocycles. The Morgan fingerprint density at radius 2 is 2.00 bits per heavy atom. The molecule has 3 heterocycles. The Labute approximate surface area is 177 Å². The number of anilines is 1. The molecule has 7 nitrogen and oxygen atoms in total. The molecule has 3 N–H and O–H groups in total. The molecule has 1 aliphatic rings. The quantitative estimate of drug-likeness (QED) is 0.490. The summed E-state index contributed by atoms with van der Waals surface area (Å²) in [6.45, 7) is 1.57. The molecule has 5 rings (SSSR count). The lowest BCUT2D eigenvalue weighted by atomic mass is 10.00. The first kappa shape index (κ1) is 19.3. The van der Waals surface area contributed by atoms with Gasteiger partial charge in [0.25, 0.3) is 0 Å². The van der Waals surface area contributed by atoms with Gasteiger partial charge in [-0.2, -0.15) is 5.10 Å². The van der Waals surface area contributed by atoms with E-state index in [9.17, 15) is 9.18 Å². The first-order valence-corrected chi connectivity index (χ1v) is 9.83. The molecule has 0 bridgehead atoms. The highest BCUT2D eigenvalue weighted by atomic mass is 19.1. The van der Waals surface area contributed by atoms with E-state index >= 15 is 4.39 Å². The van der Waals surface area contributed by atoms with Gasteiger partial charge >= 0.3 is 0 Å². The standard InChI is InChI=1S/C22H18F2N6O.H2/c23-16-4-2-1-3-15(16)20(31)12-5-6-14(17(24)9-12)19-18-21(25)27-11-28-22(18)30(29-19)13-7-8-26-10-13;/h1-6,9,11,13,26H,7-8,10H2,(H2,25,27,28);1H/t13-;/m1./s1. The van der Waals surface area contributed by atoms with Gasteiger partial charge in [-0.3, -0.25) is 4.79 Å². The second-order valence-corrected chi connectivity index (χ2v) is 7.40. The summed E-state index contributed by atoms with van der Waals surface area (Å²) >= 11 is 0. The number of rotatable bonds is 4. The number of fused-ring (bicyclic) bond motifs is 1. The summed E-state index contributed by atoms with van der Waals surface area (Å²) in [7, 11) is 0. The molecule has 2 aromatic heterocycles. The largest absolute Gasteiger partial charge is 0.383 e. The van der Waals surface area contributed by atoms with Crippen LogP contribution in [0.1, 0.15) is 29.8 Å². The number of halogens is 2. The monoisotopic (exact) mass is 422 g/mol. The van der Waals surface area contributed by atoms with Crippen molar-refractivity contribution in [2.45, 2.75) is 12.5 Å². The molecule has 4 aromatic rings. The van der Waals surface area contributed by atoms with E-state index in [1.165, 1.54) is 36.7 Å². The summed E-state index contributed by atoms with van der Waals surface area (Å²) in [5, 5.41) is 8.35. The van der Waals surface area contributed by atoms with Gasteiger partial charge in [0, 0.05) is 19.1 Å². The molecule has 0 saturated carbocycles. The number of aromatic nitrogens is 4. The van der Waals surface area contributed by atoms with E-state index in [1.807, 2.05) is 0 Å². The van der Waals surface area contributed by atoms with Crippen LogP contribution >= 0.6 is 0 Å². The third-order valence-corrected chi connectivity index (χ3v) is 5.50. The fourth-order valence-electron chi connectivity index (χ4n) is 3.94. The van der Waals surface area contributed by atoms with Crippen LogP contribution in [0.15, 0.2) is 48.8 Å². The predicted molar refractivity (Wildman–Crippen MR) is 114 cm³/mol. The summed E-state index contributed by atoms with van der Waals surface area (Å²) in [5.74, 6) is -1.72. The van der Waals surface area contributed by atoms with Gasteiger partial charge in [-0.05, 0) is 37.2 Å². The minimum absolute atomic E-state index is 0. The lowest BCUT2D eigenvalue weighted by molar-refractivity contribution is 0.103. The number of nitrogen functional groups attached to an aromatic ring is 1. The van der Waals surface area contributed by atoms with E-state index in [1.54, 1.807) is 10.7 Å². The number of carbonyl (C=O) groups excluding carboxylic acids is 1. The highest BCUT2D eigenvalue weighted by Crippen LogP contribution is 2.34. The Bertz CT molecular complexity index is 1320. The van der Waals surface area contributed by atoms with Crippen molar-refractivity contribution in [1.82, 2.24) is 25.1 Å². The molecule has 1 aliphatic heterocycles. The van der Waals surface area contributed by atoms with Crippen molar-refractivity contribution in [2.24, 2.45) is 0 Å². The van der Waals surface area contributed by atoms with Gasteiger partial charge in [-0.25, -0.2) is 23.4 Å². The zero-order valence-electron chi connectivity index (χ0n) is 16.3. The topological polar surface area (TPSA) is 98.7 Å². The number of hydrogen-bond donors (Lipinski definition) is 2. The second-order valence-electron chi connectivity index (χ2n) is 7.40. The molecule has 0 spiro atoms. The molecule has 0 amide bonds. The van der Waals surface area contributed by atoms with Crippen LogP contribution in [0, 0.1) is 11.6 Å². The van der Waals surface area contributed by atoms with Crippen LogP contribution < -0.4 is 11.1 Å². The number of nitrogens with one attached hydrogen (secondary N) is 1. The summed E-state index contributed by atoms with van der Waals surface area (Å²) in [6, 6.07) is 9.67. The van der Waals surface area contributed by atoms with Crippen LogP contribution in [0.5, 0.6) is 0 Å². The summed E-state index contributed by atoms with van der Waals surface area (Å²) in [6.07, 6.45) is 2.22. The third-order valence-electron chi connectivity index (χ3n) is 5.50. The first-order chi connectivity index (χ1) is 15.0. The van der Waals surface area contributed by atoms with Gasteiger partial charge in [0.15, 0.2) is 11.4 Å². The number of nitrogens with zero attached hydrogens (tertiary/aromatic N) is 4.